The molecule has 0 fully saturated rings. The topological polar surface area (TPSA) is 26.0 Å². The molecule has 68 valence electrons. The van der Waals surface area contributed by atoms with Crippen LogP contribution in [0.5, 0.6) is 0 Å². The monoisotopic (exact) mass is 225 g/mol. The molecule has 0 aliphatic heterocycles. The Hall–Kier alpha value is 0.0500. The Labute approximate surface area is 88.3 Å². The second-order valence-electron chi connectivity index (χ2n) is 2.45. The van der Waals surface area contributed by atoms with Gasteiger partial charge in [-0.1, -0.05) is 29.3 Å². The van der Waals surface area contributed by atoms with E-state index in [4.69, 9.17) is 28.9 Å². The van der Waals surface area contributed by atoms with E-state index in [0.29, 0.717) is 10.0 Å². The van der Waals surface area contributed by atoms with Crippen LogP contribution < -0.4 is 5.73 Å². The highest BCUT2D eigenvalue weighted by atomic mass is 35.5. The summed E-state index contributed by atoms with van der Waals surface area (Å²) in [5.41, 5.74) is 6.56. The van der Waals surface area contributed by atoms with E-state index in [-0.39, 0.29) is 18.4 Å². The summed E-state index contributed by atoms with van der Waals surface area (Å²) in [4.78, 5) is 0. The summed E-state index contributed by atoms with van der Waals surface area (Å²) in [7, 11) is 0. The molecule has 1 aromatic rings. The van der Waals surface area contributed by atoms with E-state index in [0.717, 1.165) is 5.56 Å². The molecular weight excluding hydrogens is 216 g/mol. The van der Waals surface area contributed by atoms with E-state index >= 15 is 0 Å². The summed E-state index contributed by atoms with van der Waals surface area (Å²) in [5, 5.41) is 1.27. The van der Waals surface area contributed by atoms with Crippen molar-refractivity contribution in [3.63, 3.8) is 0 Å². The quantitative estimate of drug-likeness (QED) is 0.780. The number of benzene rings is 1. The van der Waals surface area contributed by atoms with E-state index in [1.54, 1.807) is 12.1 Å². The second kappa shape index (κ2) is 4.93. The van der Waals surface area contributed by atoms with Crippen LogP contribution in [0.4, 0.5) is 0 Å². The van der Waals surface area contributed by atoms with E-state index < -0.39 is 0 Å². The molecule has 0 aliphatic rings. The highest BCUT2D eigenvalue weighted by Gasteiger charge is 2.04. The Morgan fingerprint density at radius 3 is 2.33 bits per heavy atom. The maximum absolute atomic E-state index is 5.86. The van der Waals surface area contributed by atoms with Crippen molar-refractivity contribution in [2.45, 2.75) is 13.0 Å². The summed E-state index contributed by atoms with van der Waals surface area (Å²) in [6.07, 6.45) is 0. The Balaban J connectivity index is 0.00000121. The molecule has 1 atom stereocenters. The van der Waals surface area contributed by atoms with Crippen molar-refractivity contribution >= 4 is 35.6 Å². The van der Waals surface area contributed by atoms with Gasteiger partial charge in [0.15, 0.2) is 0 Å². The van der Waals surface area contributed by atoms with Gasteiger partial charge in [0.1, 0.15) is 0 Å². The lowest BCUT2D eigenvalue weighted by atomic mass is 10.1. The van der Waals surface area contributed by atoms with Gasteiger partial charge in [0.05, 0.1) is 0 Å². The molecule has 1 rings (SSSR count). The lowest BCUT2D eigenvalue weighted by molar-refractivity contribution is 0.818. The van der Waals surface area contributed by atoms with Crippen molar-refractivity contribution in [2.24, 2.45) is 5.73 Å². The fourth-order valence-corrected chi connectivity index (χ4v) is 1.45. The van der Waals surface area contributed by atoms with E-state index in [1.807, 2.05) is 13.0 Å². The van der Waals surface area contributed by atoms with Crippen molar-refractivity contribution in [3.05, 3.63) is 33.8 Å². The SMILES string of the molecule is C[C@H](N)c1ccc(Cl)cc1Cl.Cl. The molecule has 0 unspecified atom stereocenters. The second-order valence-corrected chi connectivity index (χ2v) is 3.30. The fraction of sp³-hybridized carbons (Fsp3) is 0.250. The lowest BCUT2D eigenvalue weighted by Gasteiger charge is -2.07. The molecule has 0 amide bonds. The normalized spacial score (nSPS) is 12.0. The minimum absolute atomic E-state index is 0. The summed E-state index contributed by atoms with van der Waals surface area (Å²) >= 11 is 11.6. The third-order valence-corrected chi connectivity index (χ3v) is 2.02. The Kier molecular flexibility index (Phi) is 4.95. The number of nitrogens with two attached hydrogens (primary N) is 1. The zero-order valence-corrected chi connectivity index (χ0v) is 8.88. The van der Waals surface area contributed by atoms with Crippen LogP contribution in [-0.4, -0.2) is 0 Å². The third-order valence-electron chi connectivity index (χ3n) is 1.45. The molecule has 0 radical (unpaired) electrons. The van der Waals surface area contributed by atoms with Gasteiger partial charge in [0, 0.05) is 16.1 Å². The van der Waals surface area contributed by atoms with E-state index in [9.17, 15) is 0 Å². The average molecular weight is 227 g/mol. The van der Waals surface area contributed by atoms with Crippen molar-refractivity contribution in [1.82, 2.24) is 0 Å². The van der Waals surface area contributed by atoms with Crippen molar-refractivity contribution in [2.75, 3.05) is 0 Å². The molecule has 0 aliphatic carbocycles. The minimum Gasteiger partial charge on any atom is -0.324 e. The van der Waals surface area contributed by atoms with Crippen molar-refractivity contribution in [1.29, 1.82) is 0 Å². The van der Waals surface area contributed by atoms with E-state index in [1.165, 1.54) is 0 Å². The Bertz CT molecular complexity index is 260. The lowest BCUT2D eigenvalue weighted by Crippen LogP contribution is -2.05. The Morgan fingerprint density at radius 2 is 1.92 bits per heavy atom. The van der Waals surface area contributed by atoms with Crippen LogP contribution in [0.15, 0.2) is 18.2 Å². The third kappa shape index (κ3) is 2.83. The number of hydrogen-bond acceptors (Lipinski definition) is 1. The van der Waals surface area contributed by atoms with Gasteiger partial charge in [-0.3, -0.25) is 0 Å². The van der Waals surface area contributed by atoms with Crippen LogP contribution in [0.25, 0.3) is 0 Å². The zero-order chi connectivity index (χ0) is 8.43. The molecule has 0 saturated carbocycles. The summed E-state index contributed by atoms with van der Waals surface area (Å²) < 4.78 is 0. The minimum atomic E-state index is -0.0419. The van der Waals surface area contributed by atoms with Crippen molar-refractivity contribution < 1.29 is 0 Å². The van der Waals surface area contributed by atoms with Gasteiger partial charge in [-0.2, -0.15) is 0 Å². The zero-order valence-electron chi connectivity index (χ0n) is 6.55. The maximum atomic E-state index is 5.86. The van der Waals surface area contributed by atoms with Gasteiger partial charge in [0.25, 0.3) is 0 Å². The van der Waals surface area contributed by atoms with Gasteiger partial charge in [-0.05, 0) is 24.6 Å². The average Bonchev–Trinajstić information content (AvgIpc) is 1.85. The van der Waals surface area contributed by atoms with Crippen LogP contribution in [0, 0.1) is 0 Å². The van der Waals surface area contributed by atoms with Gasteiger partial charge < -0.3 is 5.73 Å². The van der Waals surface area contributed by atoms with Gasteiger partial charge in [0.2, 0.25) is 0 Å². The first-order valence-electron chi connectivity index (χ1n) is 3.32. The number of hydrogen-bond donors (Lipinski definition) is 1. The highest BCUT2D eigenvalue weighted by Crippen LogP contribution is 2.24. The molecule has 4 heteroatoms. The highest BCUT2D eigenvalue weighted by molar-refractivity contribution is 6.35. The predicted molar refractivity (Wildman–Crippen MR) is 56.3 cm³/mol. The largest absolute Gasteiger partial charge is 0.324 e. The molecular formula is C8H10Cl3N. The van der Waals surface area contributed by atoms with Crippen LogP contribution >= 0.6 is 35.6 Å². The maximum Gasteiger partial charge on any atom is 0.0468 e. The van der Waals surface area contributed by atoms with Gasteiger partial charge >= 0.3 is 0 Å². The molecule has 2 N–H and O–H groups in total. The van der Waals surface area contributed by atoms with Crippen LogP contribution in [0.2, 0.25) is 10.0 Å². The molecule has 0 spiro atoms. The van der Waals surface area contributed by atoms with Crippen molar-refractivity contribution in [3.8, 4) is 0 Å². The fourth-order valence-electron chi connectivity index (χ4n) is 0.871. The van der Waals surface area contributed by atoms with E-state index in [2.05, 4.69) is 0 Å². The van der Waals surface area contributed by atoms with Crippen LogP contribution in [0.3, 0.4) is 0 Å². The first kappa shape index (κ1) is 12.0. The number of rotatable bonds is 1. The number of halogens is 3. The Morgan fingerprint density at radius 1 is 1.33 bits per heavy atom. The predicted octanol–water partition coefficient (Wildman–Crippen LogP) is 3.43. The smallest absolute Gasteiger partial charge is 0.0468 e. The first-order valence-corrected chi connectivity index (χ1v) is 4.07. The standard InChI is InChI=1S/C8H9Cl2N.ClH/c1-5(11)7-3-2-6(9)4-8(7)10;/h2-5H,11H2,1H3;1H/t5-;/m0./s1. The summed E-state index contributed by atoms with van der Waals surface area (Å²) in [6, 6.07) is 5.28. The first-order chi connectivity index (χ1) is 5.11. The van der Waals surface area contributed by atoms with Gasteiger partial charge in [-0.25, -0.2) is 0 Å². The molecule has 0 aromatic heterocycles. The summed E-state index contributed by atoms with van der Waals surface area (Å²) in [6.45, 7) is 1.88. The molecule has 1 aromatic carbocycles. The summed E-state index contributed by atoms with van der Waals surface area (Å²) in [5.74, 6) is 0. The molecule has 0 bridgehead atoms. The molecule has 0 saturated heterocycles. The van der Waals surface area contributed by atoms with Crippen LogP contribution in [-0.2, 0) is 0 Å². The van der Waals surface area contributed by atoms with Crippen LogP contribution in [0.1, 0.15) is 18.5 Å². The molecule has 12 heavy (non-hydrogen) atoms. The van der Waals surface area contributed by atoms with Gasteiger partial charge in [-0.15, -0.1) is 12.4 Å². The molecule has 1 nitrogen and oxygen atoms in total. The molecule has 0 heterocycles.